The number of fused-ring (bicyclic) bond motifs is 1. The van der Waals surface area contributed by atoms with Crippen LogP contribution >= 0.6 is 0 Å². The molecule has 1 saturated carbocycles. The molecule has 6 heteroatoms. The largest absolute Gasteiger partial charge is 0.492 e. The quantitative estimate of drug-likeness (QED) is 0.929. The summed E-state index contributed by atoms with van der Waals surface area (Å²) in [4.78, 5) is 14.6. The van der Waals surface area contributed by atoms with E-state index in [-0.39, 0.29) is 17.3 Å². The molecule has 0 bridgehead atoms. The van der Waals surface area contributed by atoms with Crippen molar-refractivity contribution in [3.63, 3.8) is 0 Å². The van der Waals surface area contributed by atoms with Gasteiger partial charge in [-0.2, -0.15) is 0 Å². The predicted molar refractivity (Wildman–Crippen MR) is 97.4 cm³/mol. The predicted octanol–water partition coefficient (Wildman–Crippen LogP) is 2.59. The molecular weight excluding hydrogens is 321 g/mol. The van der Waals surface area contributed by atoms with Gasteiger partial charge >= 0.3 is 0 Å². The van der Waals surface area contributed by atoms with Gasteiger partial charge in [0.05, 0.1) is 18.0 Å². The molecule has 2 aromatic rings. The highest BCUT2D eigenvalue weighted by Crippen LogP contribution is 2.43. The Balaban J connectivity index is 2.01. The molecule has 1 unspecified atom stereocenters. The smallest absolute Gasteiger partial charge is 0.192 e. The fourth-order valence-electron chi connectivity index (χ4n) is 3.84. The number of pyridine rings is 1. The lowest BCUT2D eigenvalue weighted by atomic mass is 10.1. The molecule has 2 heterocycles. The number of halogens is 1. The van der Waals surface area contributed by atoms with Crippen LogP contribution in [0.1, 0.15) is 31.4 Å². The number of nitrogens with zero attached hydrogens (tertiary/aromatic N) is 2. The van der Waals surface area contributed by atoms with Crippen LogP contribution in [-0.4, -0.2) is 37.4 Å². The van der Waals surface area contributed by atoms with E-state index in [1.807, 2.05) is 11.1 Å². The summed E-state index contributed by atoms with van der Waals surface area (Å²) in [7, 11) is 1.56. The lowest BCUT2D eigenvalue weighted by Crippen LogP contribution is -2.49. The van der Waals surface area contributed by atoms with Gasteiger partial charge in [-0.25, -0.2) is 4.39 Å². The van der Waals surface area contributed by atoms with E-state index in [2.05, 4.69) is 16.8 Å². The summed E-state index contributed by atoms with van der Waals surface area (Å²) in [5, 5.41) is 3.78. The summed E-state index contributed by atoms with van der Waals surface area (Å²) in [5.41, 5.74) is 1.72. The second kappa shape index (κ2) is 6.02. The average Bonchev–Trinajstić information content (AvgIpc) is 3.42. The second-order valence-electron chi connectivity index (χ2n) is 7.22. The van der Waals surface area contributed by atoms with Gasteiger partial charge in [-0.15, -0.1) is 0 Å². The van der Waals surface area contributed by atoms with E-state index >= 15 is 4.39 Å². The van der Waals surface area contributed by atoms with Crippen LogP contribution in [0.5, 0.6) is 5.75 Å². The molecule has 2 aliphatic rings. The van der Waals surface area contributed by atoms with E-state index in [1.165, 1.54) is 6.07 Å². The minimum absolute atomic E-state index is 0.121. The van der Waals surface area contributed by atoms with Crippen molar-refractivity contribution in [1.29, 1.82) is 0 Å². The maximum absolute atomic E-state index is 15.0. The third-order valence-corrected chi connectivity index (χ3v) is 5.21. The standard InChI is InChI=1S/C19H24FN3O2/c1-11-9-23(13-4-5-13)16-14(18(11)24)8-15(20)17(19(16)25-3)22-7-6-21-12(2)10-22/h8-9,12-13,21H,4-7,10H2,1-3H3. The number of aryl methyl sites for hydroxylation is 1. The Hall–Kier alpha value is -2.08. The van der Waals surface area contributed by atoms with Gasteiger partial charge in [0.25, 0.3) is 0 Å². The summed E-state index contributed by atoms with van der Waals surface area (Å²) in [6.07, 6.45) is 4.06. The first-order valence-electron chi connectivity index (χ1n) is 8.91. The van der Waals surface area contributed by atoms with Crippen molar-refractivity contribution in [2.75, 3.05) is 31.6 Å². The first-order valence-corrected chi connectivity index (χ1v) is 8.91. The van der Waals surface area contributed by atoms with Gasteiger partial charge in [0.15, 0.2) is 17.0 Å². The van der Waals surface area contributed by atoms with Crippen molar-refractivity contribution in [1.82, 2.24) is 9.88 Å². The summed E-state index contributed by atoms with van der Waals surface area (Å²) in [6, 6.07) is 2.04. The zero-order chi connectivity index (χ0) is 17.7. The van der Waals surface area contributed by atoms with Crippen LogP contribution in [0, 0.1) is 12.7 Å². The highest BCUT2D eigenvalue weighted by molar-refractivity contribution is 5.92. The van der Waals surface area contributed by atoms with Crippen LogP contribution in [0.3, 0.4) is 0 Å². The molecule has 1 aliphatic carbocycles. The number of hydrogen-bond donors (Lipinski definition) is 1. The van der Waals surface area contributed by atoms with Gasteiger partial charge in [0, 0.05) is 43.5 Å². The molecule has 134 valence electrons. The van der Waals surface area contributed by atoms with Crippen LogP contribution in [0.15, 0.2) is 17.1 Å². The van der Waals surface area contributed by atoms with Gasteiger partial charge in [0.2, 0.25) is 0 Å². The molecule has 1 aromatic carbocycles. The third kappa shape index (κ3) is 2.68. The molecule has 2 fully saturated rings. The molecular formula is C19H24FN3O2. The Bertz CT molecular complexity index is 889. The molecule has 1 N–H and O–H groups in total. The number of anilines is 1. The van der Waals surface area contributed by atoms with E-state index < -0.39 is 0 Å². The summed E-state index contributed by atoms with van der Waals surface area (Å²) in [5.74, 6) is 0.0941. The van der Waals surface area contributed by atoms with E-state index in [0.29, 0.717) is 41.5 Å². The van der Waals surface area contributed by atoms with E-state index in [9.17, 15) is 4.79 Å². The zero-order valence-corrected chi connectivity index (χ0v) is 14.9. The van der Waals surface area contributed by atoms with Gasteiger partial charge < -0.3 is 19.5 Å². The number of aromatic nitrogens is 1. The van der Waals surface area contributed by atoms with Crippen molar-refractivity contribution >= 4 is 16.6 Å². The first kappa shape index (κ1) is 16.4. The molecule has 0 amide bonds. The van der Waals surface area contributed by atoms with Crippen molar-refractivity contribution in [2.45, 2.75) is 38.8 Å². The number of piperazine rings is 1. The highest BCUT2D eigenvalue weighted by Gasteiger charge is 2.30. The Morgan fingerprint density at radius 3 is 2.76 bits per heavy atom. The summed E-state index contributed by atoms with van der Waals surface area (Å²) < 4.78 is 22.8. The topological polar surface area (TPSA) is 46.5 Å². The fraction of sp³-hybridized carbons (Fsp3) is 0.526. The van der Waals surface area contributed by atoms with Gasteiger partial charge in [-0.05, 0) is 32.8 Å². The Labute approximate surface area is 146 Å². The molecule has 4 rings (SSSR count). The minimum Gasteiger partial charge on any atom is -0.492 e. The fourth-order valence-corrected chi connectivity index (χ4v) is 3.84. The van der Waals surface area contributed by atoms with Crippen LogP contribution in [0.25, 0.3) is 10.9 Å². The summed E-state index contributed by atoms with van der Waals surface area (Å²) >= 11 is 0. The first-order chi connectivity index (χ1) is 12.0. The van der Waals surface area contributed by atoms with Crippen LogP contribution in [0.2, 0.25) is 0 Å². The highest BCUT2D eigenvalue weighted by atomic mass is 19.1. The molecule has 1 aliphatic heterocycles. The summed E-state index contributed by atoms with van der Waals surface area (Å²) in [6.45, 7) is 6.09. The second-order valence-corrected chi connectivity index (χ2v) is 7.22. The van der Waals surface area contributed by atoms with Gasteiger partial charge in [0.1, 0.15) is 5.69 Å². The molecule has 0 spiro atoms. The van der Waals surface area contributed by atoms with Crippen molar-refractivity contribution in [3.05, 3.63) is 33.9 Å². The molecule has 25 heavy (non-hydrogen) atoms. The van der Waals surface area contributed by atoms with Crippen LogP contribution in [-0.2, 0) is 0 Å². The SMILES string of the molecule is COc1c(N2CCNC(C)C2)c(F)cc2c(=O)c(C)cn(C3CC3)c12. The Morgan fingerprint density at radius 1 is 1.36 bits per heavy atom. The van der Waals surface area contributed by atoms with Crippen molar-refractivity contribution in [2.24, 2.45) is 0 Å². The maximum atomic E-state index is 15.0. The molecule has 1 atom stereocenters. The lowest BCUT2D eigenvalue weighted by molar-refractivity contribution is 0.407. The number of methoxy groups -OCH3 is 1. The maximum Gasteiger partial charge on any atom is 0.192 e. The Morgan fingerprint density at radius 2 is 2.12 bits per heavy atom. The molecule has 0 radical (unpaired) electrons. The number of ether oxygens (including phenoxy) is 1. The van der Waals surface area contributed by atoms with Crippen molar-refractivity contribution < 1.29 is 9.13 Å². The van der Waals surface area contributed by atoms with E-state index in [4.69, 9.17) is 4.74 Å². The van der Waals surface area contributed by atoms with E-state index in [1.54, 1.807) is 14.0 Å². The average molecular weight is 345 g/mol. The third-order valence-electron chi connectivity index (χ3n) is 5.21. The zero-order valence-electron chi connectivity index (χ0n) is 14.9. The molecule has 1 saturated heterocycles. The lowest BCUT2D eigenvalue weighted by Gasteiger charge is -2.35. The number of benzene rings is 1. The van der Waals surface area contributed by atoms with E-state index in [0.717, 1.165) is 24.9 Å². The monoisotopic (exact) mass is 345 g/mol. The van der Waals surface area contributed by atoms with Gasteiger partial charge in [-0.1, -0.05) is 0 Å². The molecule has 5 nitrogen and oxygen atoms in total. The number of rotatable bonds is 3. The minimum atomic E-state index is -0.386. The van der Waals surface area contributed by atoms with Crippen LogP contribution < -0.4 is 20.4 Å². The Kier molecular flexibility index (Phi) is 3.95. The number of nitrogens with one attached hydrogen (secondary N) is 1. The molecule has 1 aromatic heterocycles. The number of hydrogen-bond acceptors (Lipinski definition) is 4. The normalized spacial score (nSPS) is 21.0. The van der Waals surface area contributed by atoms with Crippen molar-refractivity contribution in [3.8, 4) is 5.75 Å². The van der Waals surface area contributed by atoms with Gasteiger partial charge in [-0.3, -0.25) is 4.79 Å². The van der Waals surface area contributed by atoms with Crippen LogP contribution in [0.4, 0.5) is 10.1 Å².